The Labute approximate surface area is 101 Å². The molecule has 17 heavy (non-hydrogen) atoms. The lowest BCUT2D eigenvalue weighted by Crippen LogP contribution is -1.90. The normalized spacial score (nSPS) is 16.2. The molecule has 0 N–H and O–H groups in total. The van der Waals surface area contributed by atoms with E-state index in [4.69, 9.17) is 5.26 Å². The van der Waals surface area contributed by atoms with E-state index in [1.54, 1.807) is 0 Å². The highest BCUT2D eigenvalue weighted by atomic mass is 14.3. The summed E-state index contributed by atoms with van der Waals surface area (Å²) >= 11 is 0. The number of benzene rings is 2. The van der Waals surface area contributed by atoms with Crippen molar-refractivity contribution in [2.75, 3.05) is 0 Å². The quantitative estimate of drug-likeness (QED) is 0.657. The molecule has 0 spiro atoms. The van der Waals surface area contributed by atoms with Crippen LogP contribution in [0.5, 0.6) is 0 Å². The number of fused-ring (bicyclic) bond motifs is 3. The summed E-state index contributed by atoms with van der Waals surface area (Å²) in [7, 11) is 0. The molecule has 3 rings (SSSR count). The van der Waals surface area contributed by atoms with Gasteiger partial charge in [0.1, 0.15) is 0 Å². The smallest absolute Gasteiger partial charge is 0.0991 e. The first-order chi connectivity index (χ1) is 8.20. The van der Waals surface area contributed by atoms with Crippen LogP contribution in [-0.4, -0.2) is 0 Å². The van der Waals surface area contributed by atoms with Gasteiger partial charge in [0.05, 0.1) is 11.6 Å². The molecule has 1 heteroatoms. The van der Waals surface area contributed by atoms with Gasteiger partial charge < -0.3 is 0 Å². The summed E-state index contributed by atoms with van der Waals surface area (Å²) in [4.78, 5) is 0. The van der Waals surface area contributed by atoms with Gasteiger partial charge in [-0.3, -0.25) is 0 Å². The summed E-state index contributed by atoms with van der Waals surface area (Å²) in [5, 5.41) is 8.97. The predicted octanol–water partition coefficient (Wildman–Crippen LogP) is 4.00. The predicted molar refractivity (Wildman–Crippen MR) is 68.8 cm³/mol. The summed E-state index contributed by atoms with van der Waals surface area (Å²) in [5.74, 6) is 0.396. The van der Waals surface area contributed by atoms with Gasteiger partial charge in [0.2, 0.25) is 0 Å². The van der Waals surface area contributed by atoms with Crippen LogP contribution in [0, 0.1) is 18.3 Å². The van der Waals surface area contributed by atoms with Crippen molar-refractivity contribution in [3.8, 4) is 17.2 Å². The Hall–Kier alpha value is -2.07. The number of nitriles is 1. The molecule has 0 aromatic heterocycles. The molecule has 1 nitrogen and oxygen atoms in total. The molecular weight excluding hydrogens is 206 g/mol. The van der Waals surface area contributed by atoms with Crippen LogP contribution >= 0.6 is 0 Å². The second-order valence-electron chi connectivity index (χ2n) is 4.73. The highest BCUT2D eigenvalue weighted by Gasteiger charge is 2.25. The maximum atomic E-state index is 8.97. The summed E-state index contributed by atoms with van der Waals surface area (Å²) in [6.45, 7) is 4.34. The van der Waals surface area contributed by atoms with Crippen LogP contribution in [0.15, 0.2) is 36.4 Å². The van der Waals surface area contributed by atoms with E-state index < -0.39 is 0 Å². The topological polar surface area (TPSA) is 23.8 Å². The second kappa shape index (κ2) is 3.46. The van der Waals surface area contributed by atoms with Crippen LogP contribution in [0.1, 0.15) is 35.1 Å². The lowest BCUT2D eigenvalue weighted by molar-refractivity contribution is 0.953. The minimum atomic E-state index is 0.396. The van der Waals surface area contributed by atoms with Gasteiger partial charge in [-0.05, 0) is 41.3 Å². The average Bonchev–Trinajstić information content (AvgIpc) is 2.62. The van der Waals surface area contributed by atoms with Gasteiger partial charge in [-0.15, -0.1) is 0 Å². The van der Waals surface area contributed by atoms with E-state index in [9.17, 15) is 0 Å². The van der Waals surface area contributed by atoms with Crippen LogP contribution in [0.3, 0.4) is 0 Å². The number of aryl methyl sites for hydroxylation is 1. The first-order valence-electron chi connectivity index (χ1n) is 5.85. The number of nitrogens with zero attached hydrogens (tertiary/aromatic N) is 1. The van der Waals surface area contributed by atoms with E-state index in [2.05, 4.69) is 44.2 Å². The van der Waals surface area contributed by atoms with Gasteiger partial charge in [0, 0.05) is 5.92 Å². The highest BCUT2D eigenvalue weighted by Crippen LogP contribution is 2.44. The largest absolute Gasteiger partial charge is 0.192 e. The van der Waals surface area contributed by atoms with Gasteiger partial charge >= 0.3 is 0 Å². The third kappa shape index (κ3) is 1.38. The maximum Gasteiger partial charge on any atom is 0.0991 e. The molecule has 0 aliphatic heterocycles. The molecule has 2 aromatic rings. The molecule has 1 aliphatic rings. The third-order valence-electron chi connectivity index (χ3n) is 3.61. The van der Waals surface area contributed by atoms with Crippen molar-refractivity contribution in [1.82, 2.24) is 0 Å². The maximum absolute atomic E-state index is 8.97. The lowest BCUT2D eigenvalue weighted by Gasteiger charge is -2.06. The Morgan fingerprint density at radius 3 is 2.35 bits per heavy atom. The standard InChI is InChI=1S/C16H13N/c1-10-3-5-13-14-6-4-12(9-17)8-16(14)11(2)15(13)7-10/h3-8,11H,1-2H3. The van der Waals surface area contributed by atoms with Crippen LogP contribution in [-0.2, 0) is 0 Å². The van der Waals surface area contributed by atoms with Gasteiger partial charge in [0.15, 0.2) is 0 Å². The Balaban J connectivity index is 2.27. The molecule has 1 unspecified atom stereocenters. The van der Waals surface area contributed by atoms with Crippen LogP contribution in [0.25, 0.3) is 11.1 Å². The van der Waals surface area contributed by atoms with Gasteiger partial charge in [-0.25, -0.2) is 0 Å². The minimum Gasteiger partial charge on any atom is -0.192 e. The molecule has 0 fully saturated rings. The molecule has 0 heterocycles. The third-order valence-corrected chi connectivity index (χ3v) is 3.61. The zero-order valence-electron chi connectivity index (χ0n) is 9.99. The van der Waals surface area contributed by atoms with E-state index in [1.807, 2.05) is 12.1 Å². The molecule has 0 radical (unpaired) electrons. The fraction of sp³-hybridized carbons (Fsp3) is 0.188. The van der Waals surface area contributed by atoms with Crippen molar-refractivity contribution in [3.63, 3.8) is 0 Å². The van der Waals surface area contributed by atoms with Crippen LogP contribution < -0.4 is 0 Å². The molecule has 0 bridgehead atoms. The monoisotopic (exact) mass is 219 g/mol. The highest BCUT2D eigenvalue weighted by molar-refractivity contribution is 5.79. The van der Waals surface area contributed by atoms with E-state index in [-0.39, 0.29) is 0 Å². The van der Waals surface area contributed by atoms with Crippen molar-refractivity contribution in [1.29, 1.82) is 5.26 Å². The molecule has 1 aliphatic carbocycles. The molecule has 0 amide bonds. The van der Waals surface area contributed by atoms with E-state index in [0.717, 1.165) is 5.56 Å². The molecule has 2 aromatic carbocycles. The molecule has 0 saturated carbocycles. The number of hydrogen-bond acceptors (Lipinski definition) is 1. The van der Waals surface area contributed by atoms with Crippen molar-refractivity contribution in [2.45, 2.75) is 19.8 Å². The first kappa shape index (κ1) is 10.1. The van der Waals surface area contributed by atoms with Crippen molar-refractivity contribution >= 4 is 0 Å². The van der Waals surface area contributed by atoms with Gasteiger partial charge in [-0.1, -0.05) is 36.8 Å². The Morgan fingerprint density at radius 2 is 1.65 bits per heavy atom. The Morgan fingerprint density at radius 1 is 1.00 bits per heavy atom. The molecule has 0 saturated heterocycles. The van der Waals surface area contributed by atoms with Gasteiger partial charge in [0.25, 0.3) is 0 Å². The lowest BCUT2D eigenvalue weighted by atomic mass is 9.97. The molecular formula is C16H13N. The van der Waals surface area contributed by atoms with Crippen molar-refractivity contribution in [3.05, 3.63) is 58.7 Å². The van der Waals surface area contributed by atoms with Crippen molar-refractivity contribution in [2.24, 2.45) is 0 Å². The summed E-state index contributed by atoms with van der Waals surface area (Å²) in [6, 6.07) is 14.8. The molecule has 82 valence electrons. The minimum absolute atomic E-state index is 0.396. The fourth-order valence-corrected chi connectivity index (χ4v) is 2.69. The van der Waals surface area contributed by atoms with E-state index in [0.29, 0.717) is 5.92 Å². The fourth-order valence-electron chi connectivity index (χ4n) is 2.69. The number of hydrogen-bond donors (Lipinski definition) is 0. The van der Waals surface area contributed by atoms with Gasteiger partial charge in [-0.2, -0.15) is 5.26 Å². The zero-order valence-corrected chi connectivity index (χ0v) is 9.99. The Bertz CT molecular complexity index is 647. The van der Waals surface area contributed by atoms with E-state index >= 15 is 0 Å². The van der Waals surface area contributed by atoms with Crippen molar-refractivity contribution < 1.29 is 0 Å². The summed E-state index contributed by atoms with van der Waals surface area (Å²) in [6.07, 6.45) is 0. The van der Waals surface area contributed by atoms with E-state index in [1.165, 1.54) is 27.8 Å². The zero-order chi connectivity index (χ0) is 12.0. The van der Waals surface area contributed by atoms with Crippen LogP contribution in [0.2, 0.25) is 0 Å². The second-order valence-corrected chi connectivity index (χ2v) is 4.73. The Kier molecular flexibility index (Phi) is 2.06. The first-order valence-corrected chi connectivity index (χ1v) is 5.85. The SMILES string of the molecule is Cc1ccc2c(c1)C(C)c1cc(C#N)ccc1-2. The molecule has 1 atom stereocenters. The summed E-state index contributed by atoms with van der Waals surface area (Å²) in [5.41, 5.74) is 7.32. The number of rotatable bonds is 0. The average molecular weight is 219 g/mol. The van der Waals surface area contributed by atoms with Crippen LogP contribution in [0.4, 0.5) is 0 Å². The summed E-state index contributed by atoms with van der Waals surface area (Å²) < 4.78 is 0.